The lowest BCUT2D eigenvalue weighted by atomic mass is 9.64. The van der Waals surface area contributed by atoms with Crippen LogP contribution in [0, 0.1) is 17.3 Å². The summed E-state index contributed by atoms with van der Waals surface area (Å²) in [5.41, 5.74) is -1.34. The van der Waals surface area contributed by atoms with Gasteiger partial charge in [0, 0.05) is 0 Å². The summed E-state index contributed by atoms with van der Waals surface area (Å²) in [4.78, 5) is 24.0. The molecule has 1 aliphatic rings. The SMILES string of the molecule is CCOC(=O)C(CC)(C(=O)O)C1CCCC(CC)C1. The molecule has 0 aliphatic heterocycles. The van der Waals surface area contributed by atoms with Crippen molar-refractivity contribution in [2.24, 2.45) is 17.3 Å². The number of carbonyl (C=O) groups is 2. The topological polar surface area (TPSA) is 63.6 Å². The molecule has 1 N–H and O–H groups in total. The Labute approximate surface area is 115 Å². The van der Waals surface area contributed by atoms with Crippen LogP contribution in [0.1, 0.15) is 59.3 Å². The van der Waals surface area contributed by atoms with Crippen molar-refractivity contribution >= 4 is 11.9 Å². The van der Waals surface area contributed by atoms with E-state index in [0.717, 1.165) is 32.1 Å². The number of hydrogen-bond donors (Lipinski definition) is 1. The molecule has 0 saturated heterocycles. The third-order valence-electron chi connectivity index (χ3n) is 4.64. The fourth-order valence-electron chi connectivity index (χ4n) is 3.38. The van der Waals surface area contributed by atoms with Gasteiger partial charge in [-0.25, -0.2) is 0 Å². The van der Waals surface area contributed by atoms with Crippen LogP contribution in [0.25, 0.3) is 0 Å². The van der Waals surface area contributed by atoms with Gasteiger partial charge in [-0.05, 0) is 38.0 Å². The van der Waals surface area contributed by atoms with Crippen molar-refractivity contribution in [3.63, 3.8) is 0 Å². The molecule has 4 heteroatoms. The quantitative estimate of drug-likeness (QED) is 0.594. The zero-order valence-corrected chi connectivity index (χ0v) is 12.3. The van der Waals surface area contributed by atoms with Crippen LogP contribution in [0.5, 0.6) is 0 Å². The summed E-state index contributed by atoms with van der Waals surface area (Å²) in [5.74, 6) is -1.12. The lowest BCUT2D eigenvalue weighted by Crippen LogP contribution is -2.48. The first-order chi connectivity index (χ1) is 9.02. The molecule has 0 aromatic heterocycles. The number of rotatable bonds is 6. The number of carboxylic acids is 1. The first kappa shape index (κ1) is 16.0. The average Bonchev–Trinajstić information content (AvgIpc) is 2.40. The number of esters is 1. The highest BCUT2D eigenvalue weighted by molar-refractivity contribution is 5.99. The molecule has 1 fully saturated rings. The molecule has 3 unspecified atom stereocenters. The number of ether oxygens (including phenoxy) is 1. The summed E-state index contributed by atoms with van der Waals surface area (Å²) >= 11 is 0. The zero-order chi connectivity index (χ0) is 14.5. The van der Waals surface area contributed by atoms with Gasteiger partial charge in [-0.3, -0.25) is 9.59 Å². The highest BCUT2D eigenvalue weighted by Crippen LogP contribution is 2.45. The Hall–Kier alpha value is -1.06. The van der Waals surface area contributed by atoms with Gasteiger partial charge >= 0.3 is 11.9 Å². The van der Waals surface area contributed by atoms with Gasteiger partial charge in [-0.2, -0.15) is 0 Å². The number of hydrogen-bond acceptors (Lipinski definition) is 3. The van der Waals surface area contributed by atoms with Crippen LogP contribution in [-0.2, 0) is 14.3 Å². The first-order valence-corrected chi connectivity index (χ1v) is 7.43. The molecule has 0 amide bonds. The van der Waals surface area contributed by atoms with Gasteiger partial charge in [0.25, 0.3) is 0 Å². The molecule has 1 rings (SSSR count). The number of carboxylic acid groups (broad SMARTS) is 1. The van der Waals surface area contributed by atoms with E-state index in [4.69, 9.17) is 4.74 Å². The second-order valence-electron chi connectivity index (χ2n) is 5.49. The Morgan fingerprint density at radius 3 is 2.42 bits per heavy atom. The molecular weight excluding hydrogens is 244 g/mol. The average molecular weight is 270 g/mol. The predicted molar refractivity (Wildman–Crippen MR) is 72.7 cm³/mol. The molecular formula is C15H26O4. The summed E-state index contributed by atoms with van der Waals surface area (Å²) < 4.78 is 5.06. The first-order valence-electron chi connectivity index (χ1n) is 7.43. The van der Waals surface area contributed by atoms with Crippen LogP contribution in [0.2, 0.25) is 0 Å². The van der Waals surface area contributed by atoms with Crippen LogP contribution in [0.3, 0.4) is 0 Å². The Balaban J connectivity index is 3.01. The molecule has 0 heterocycles. The van der Waals surface area contributed by atoms with Crippen LogP contribution < -0.4 is 0 Å². The smallest absolute Gasteiger partial charge is 0.323 e. The van der Waals surface area contributed by atoms with Crippen molar-refractivity contribution in [2.75, 3.05) is 6.61 Å². The molecule has 0 spiro atoms. The van der Waals surface area contributed by atoms with E-state index in [2.05, 4.69) is 6.92 Å². The minimum atomic E-state index is -1.34. The maximum atomic E-state index is 12.2. The second kappa shape index (κ2) is 6.92. The van der Waals surface area contributed by atoms with Gasteiger partial charge < -0.3 is 9.84 Å². The summed E-state index contributed by atoms with van der Waals surface area (Å²) in [6.45, 7) is 5.86. The van der Waals surface area contributed by atoms with Crippen LogP contribution in [-0.4, -0.2) is 23.7 Å². The molecule has 3 atom stereocenters. The maximum absolute atomic E-state index is 12.2. The van der Waals surface area contributed by atoms with Gasteiger partial charge in [0.05, 0.1) is 6.61 Å². The monoisotopic (exact) mass is 270 g/mol. The second-order valence-corrected chi connectivity index (χ2v) is 5.49. The fraction of sp³-hybridized carbons (Fsp3) is 0.867. The summed E-state index contributed by atoms with van der Waals surface area (Å²) in [6.07, 6.45) is 5.17. The van der Waals surface area contributed by atoms with E-state index < -0.39 is 17.4 Å². The normalized spacial score (nSPS) is 26.5. The predicted octanol–water partition coefficient (Wildman–Crippen LogP) is 3.25. The molecule has 0 radical (unpaired) electrons. The van der Waals surface area contributed by atoms with Gasteiger partial charge in [0.1, 0.15) is 0 Å². The highest BCUT2D eigenvalue weighted by Gasteiger charge is 2.53. The zero-order valence-electron chi connectivity index (χ0n) is 12.3. The molecule has 4 nitrogen and oxygen atoms in total. The van der Waals surface area contributed by atoms with E-state index >= 15 is 0 Å². The molecule has 1 aliphatic carbocycles. The van der Waals surface area contributed by atoms with Gasteiger partial charge in [0.2, 0.25) is 0 Å². The van der Waals surface area contributed by atoms with Crippen molar-refractivity contribution in [2.45, 2.75) is 59.3 Å². The maximum Gasteiger partial charge on any atom is 0.323 e. The van der Waals surface area contributed by atoms with Crippen molar-refractivity contribution in [3.8, 4) is 0 Å². The molecule has 0 aromatic rings. The molecule has 1 saturated carbocycles. The molecule has 0 aromatic carbocycles. The van der Waals surface area contributed by atoms with Gasteiger partial charge in [0.15, 0.2) is 5.41 Å². The van der Waals surface area contributed by atoms with E-state index in [0.29, 0.717) is 12.3 Å². The van der Waals surface area contributed by atoms with E-state index in [-0.39, 0.29) is 12.5 Å². The standard InChI is InChI=1S/C15H26O4/c1-4-11-8-7-9-12(10-11)15(5-2,13(16)17)14(18)19-6-3/h11-12H,4-10H2,1-3H3,(H,16,17). The largest absolute Gasteiger partial charge is 0.480 e. The van der Waals surface area contributed by atoms with E-state index in [1.807, 2.05) is 0 Å². The van der Waals surface area contributed by atoms with Crippen LogP contribution in [0.15, 0.2) is 0 Å². The van der Waals surface area contributed by atoms with Crippen molar-refractivity contribution < 1.29 is 19.4 Å². The van der Waals surface area contributed by atoms with Gasteiger partial charge in [-0.15, -0.1) is 0 Å². The third kappa shape index (κ3) is 3.10. The summed E-state index contributed by atoms with van der Waals surface area (Å²) in [5, 5.41) is 9.63. The fourth-order valence-corrected chi connectivity index (χ4v) is 3.38. The lowest BCUT2D eigenvalue weighted by molar-refractivity contribution is -0.175. The Kier molecular flexibility index (Phi) is 5.83. The molecule has 19 heavy (non-hydrogen) atoms. The Morgan fingerprint density at radius 1 is 1.26 bits per heavy atom. The van der Waals surface area contributed by atoms with E-state index in [1.54, 1.807) is 13.8 Å². The lowest BCUT2D eigenvalue weighted by Gasteiger charge is -2.39. The minimum absolute atomic E-state index is 0.0900. The van der Waals surface area contributed by atoms with E-state index in [9.17, 15) is 14.7 Å². The number of carbonyl (C=O) groups excluding carboxylic acids is 1. The van der Waals surface area contributed by atoms with Crippen molar-refractivity contribution in [1.82, 2.24) is 0 Å². The van der Waals surface area contributed by atoms with Crippen LogP contribution >= 0.6 is 0 Å². The van der Waals surface area contributed by atoms with E-state index in [1.165, 1.54) is 0 Å². The van der Waals surface area contributed by atoms with Gasteiger partial charge in [-0.1, -0.05) is 33.1 Å². The molecule has 110 valence electrons. The summed E-state index contributed by atoms with van der Waals surface area (Å²) in [6, 6.07) is 0. The number of aliphatic carboxylic acids is 1. The molecule has 0 bridgehead atoms. The minimum Gasteiger partial charge on any atom is -0.480 e. The Morgan fingerprint density at radius 2 is 1.95 bits per heavy atom. The van der Waals surface area contributed by atoms with Crippen molar-refractivity contribution in [1.29, 1.82) is 0 Å². The summed E-state index contributed by atoms with van der Waals surface area (Å²) in [7, 11) is 0. The van der Waals surface area contributed by atoms with Crippen LogP contribution in [0.4, 0.5) is 0 Å². The third-order valence-corrected chi connectivity index (χ3v) is 4.64. The highest BCUT2D eigenvalue weighted by atomic mass is 16.5. The van der Waals surface area contributed by atoms with Crippen molar-refractivity contribution in [3.05, 3.63) is 0 Å². The Bertz CT molecular complexity index is 326.